The van der Waals surface area contributed by atoms with E-state index in [4.69, 9.17) is 11.6 Å². The standard InChI is InChI=1S/C15H14BrClN2O2/c16-14-6-3-12(9-15(14)17)10-18-8-7-11-1-4-13(5-2-11)19(20)21/h1-6,9,18H,7-8,10H2. The van der Waals surface area contributed by atoms with Crippen molar-refractivity contribution in [3.63, 3.8) is 0 Å². The second kappa shape index (κ2) is 7.54. The Kier molecular flexibility index (Phi) is 5.73. The zero-order valence-electron chi connectivity index (χ0n) is 11.2. The molecule has 2 aromatic rings. The number of non-ortho nitro benzene ring substituents is 1. The van der Waals surface area contributed by atoms with Gasteiger partial charge in [0.2, 0.25) is 0 Å². The summed E-state index contributed by atoms with van der Waals surface area (Å²) < 4.78 is 0.888. The van der Waals surface area contributed by atoms with Crippen LogP contribution in [0.5, 0.6) is 0 Å². The Morgan fingerprint density at radius 1 is 1.14 bits per heavy atom. The van der Waals surface area contributed by atoms with Crippen molar-refractivity contribution >= 4 is 33.2 Å². The summed E-state index contributed by atoms with van der Waals surface area (Å²) in [6, 6.07) is 12.5. The topological polar surface area (TPSA) is 55.2 Å². The van der Waals surface area contributed by atoms with E-state index in [1.54, 1.807) is 12.1 Å². The predicted molar refractivity (Wildman–Crippen MR) is 87.7 cm³/mol. The summed E-state index contributed by atoms with van der Waals surface area (Å²) in [6.45, 7) is 1.53. The summed E-state index contributed by atoms with van der Waals surface area (Å²) >= 11 is 9.39. The first-order chi connectivity index (χ1) is 10.1. The number of nitrogens with zero attached hydrogens (tertiary/aromatic N) is 1. The number of hydrogen-bond acceptors (Lipinski definition) is 3. The number of nitrogens with one attached hydrogen (secondary N) is 1. The van der Waals surface area contributed by atoms with Gasteiger partial charge in [0.1, 0.15) is 0 Å². The first kappa shape index (κ1) is 15.9. The highest BCUT2D eigenvalue weighted by Gasteiger charge is 2.03. The first-order valence-electron chi connectivity index (χ1n) is 6.44. The van der Waals surface area contributed by atoms with Gasteiger partial charge in [0.25, 0.3) is 5.69 Å². The van der Waals surface area contributed by atoms with E-state index in [-0.39, 0.29) is 10.6 Å². The first-order valence-corrected chi connectivity index (χ1v) is 7.61. The summed E-state index contributed by atoms with van der Waals surface area (Å²) in [5.41, 5.74) is 2.31. The molecule has 0 amide bonds. The third-order valence-electron chi connectivity index (χ3n) is 3.05. The highest BCUT2D eigenvalue weighted by molar-refractivity contribution is 9.10. The smallest absolute Gasteiger partial charge is 0.269 e. The van der Waals surface area contributed by atoms with Gasteiger partial charge in [-0.1, -0.05) is 29.8 Å². The molecule has 4 nitrogen and oxygen atoms in total. The number of halogens is 2. The Labute approximate surface area is 136 Å². The molecule has 0 aromatic heterocycles. The zero-order chi connectivity index (χ0) is 15.2. The van der Waals surface area contributed by atoms with Crippen molar-refractivity contribution in [2.45, 2.75) is 13.0 Å². The van der Waals surface area contributed by atoms with Crippen LogP contribution >= 0.6 is 27.5 Å². The monoisotopic (exact) mass is 368 g/mol. The Morgan fingerprint density at radius 2 is 1.81 bits per heavy atom. The second-order valence-corrected chi connectivity index (χ2v) is 5.86. The molecule has 2 aromatic carbocycles. The molecule has 2 rings (SSSR count). The molecule has 0 aliphatic carbocycles. The number of hydrogen-bond donors (Lipinski definition) is 1. The SMILES string of the molecule is O=[N+]([O-])c1ccc(CCNCc2ccc(Br)c(Cl)c2)cc1. The van der Waals surface area contributed by atoms with Crippen LogP contribution in [0.2, 0.25) is 5.02 Å². The van der Waals surface area contributed by atoms with E-state index in [1.165, 1.54) is 12.1 Å². The summed E-state index contributed by atoms with van der Waals surface area (Å²) in [5.74, 6) is 0. The average Bonchev–Trinajstić information content (AvgIpc) is 2.47. The zero-order valence-corrected chi connectivity index (χ0v) is 13.5. The van der Waals surface area contributed by atoms with E-state index in [0.717, 1.165) is 35.1 Å². The van der Waals surface area contributed by atoms with Gasteiger partial charge in [-0.2, -0.15) is 0 Å². The fraction of sp³-hybridized carbons (Fsp3) is 0.200. The van der Waals surface area contributed by atoms with Crippen molar-refractivity contribution in [2.24, 2.45) is 0 Å². The van der Waals surface area contributed by atoms with Crippen LogP contribution < -0.4 is 5.32 Å². The van der Waals surface area contributed by atoms with E-state index >= 15 is 0 Å². The number of nitro groups is 1. The van der Waals surface area contributed by atoms with E-state index in [1.807, 2.05) is 18.2 Å². The van der Waals surface area contributed by atoms with E-state index in [0.29, 0.717) is 5.02 Å². The van der Waals surface area contributed by atoms with Crippen molar-refractivity contribution in [2.75, 3.05) is 6.54 Å². The van der Waals surface area contributed by atoms with Crippen molar-refractivity contribution in [3.8, 4) is 0 Å². The largest absolute Gasteiger partial charge is 0.312 e. The Balaban J connectivity index is 1.79. The fourth-order valence-electron chi connectivity index (χ4n) is 1.90. The maximum Gasteiger partial charge on any atom is 0.269 e. The van der Waals surface area contributed by atoms with Gasteiger partial charge >= 0.3 is 0 Å². The van der Waals surface area contributed by atoms with Gasteiger partial charge in [0.15, 0.2) is 0 Å². The highest BCUT2D eigenvalue weighted by atomic mass is 79.9. The number of benzene rings is 2. The summed E-state index contributed by atoms with van der Waals surface area (Å²) in [7, 11) is 0. The lowest BCUT2D eigenvalue weighted by Gasteiger charge is -2.06. The molecule has 0 unspecified atom stereocenters. The normalized spacial score (nSPS) is 10.6. The lowest BCUT2D eigenvalue weighted by atomic mass is 10.1. The third kappa shape index (κ3) is 4.81. The minimum Gasteiger partial charge on any atom is -0.312 e. The van der Waals surface area contributed by atoms with Crippen molar-refractivity contribution < 1.29 is 4.92 Å². The van der Waals surface area contributed by atoms with Crippen LogP contribution in [0, 0.1) is 10.1 Å². The molecule has 0 radical (unpaired) electrons. The lowest BCUT2D eigenvalue weighted by molar-refractivity contribution is -0.384. The lowest BCUT2D eigenvalue weighted by Crippen LogP contribution is -2.16. The highest BCUT2D eigenvalue weighted by Crippen LogP contribution is 2.23. The van der Waals surface area contributed by atoms with Crippen LogP contribution in [-0.4, -0.2) is 11.5 Å². The second-order valence-electron chi connectivity index (χ2n) is 4.60. The summed E-state index contributed by atoms with van der Waals surface area (Å²) in [4.78, 5) is 10.2. The van der Waals surface area contributed by atoms with Crippen LogP contribution in [0.15, 0.2) is 46.9 Å². The van der Waals surface area contributed by atoms with Gasteiger partial charge in [0, 0.05) is 23.2 Å². The fourth-order valence-corrected chi connectivity index (χ4v) is 2.35. The predicted octanol–water partition coefficient (Wildman–Crippen LogP) is 4.34. The quantitative estimate of drug-likeness (QED) is 0.468. The molecule has 0 aliphatic heterocycles. The molecular weight excluding hydrogens is 356 g/mol. The third-order valence-corrected chi connectivity index (χ3v) is 4.28. The molecule has 0 saturated carbocycles. The molecule has 0 aliphatic rings. The number of nitro benzene ring substituents is 1. The van der Waals surface area contributed by atoms with Crippen LogP contribution in [0.3, 0.4) is 0 Å². The summed E-state index contributed by atoms with van der Waals surface area (Å²) in [6.07, 6.45) is 0.822. The van der Waals surface area contributed by atoms with Gasteiger partial charge in [-0.3, -0.25) is 10.1 Å². The van der Waals surface area contributed by atoms with E-state index in [2.05, 4.69) is 21.2 Å². The molecular formula is C15H14BrClN2O2. The maximum atomic E-state index is 10.6. The molecule has 21 heavy (non-hydrogen) atoms. The van der Waals surface area contributed by atoms with Crippen LogP contribution in [-0.2, 0) is 13.0 Å². The molecule has 0 atom stereocenters. The van der Waals surface area contributed by atoms with Crippen molar-refractivity contribution in [1.82, 2.24) is 5.32 Å². The Hall–Kier alpha value is -1.43. The molecule has 1 N–H and O–H groups in total. The van der Waals surface area contributed by atoms with Gasteiger partial charge in [-0.05, 0) is 52.2 Å². The maximum absolute atomic E-state index is 10.6. The van der Waals surface area contributed by atoms with Crippen molar-refractivity contribution in [1.29, 1.82) is 0 Å². The molecule has 6 heteroatoms. The van der Waals surface area contributed by atoms with E-state index in [9.17, 15) is 10.1 Å². The Bertz CT molecular complexity index is 632. The van der Waals surface area contributed by atoms with Crippen molar-refractivity contribution in [3.05, 3.63) is 73.2 Å². The van der Waals surface area contributed by atoms with Crippen LogP contribution in [0.4, 0.5) is 5.69 Å². The van der Waals surface area contributed by atoms with Crippen LogP contribution in [0.1, 0.15) is 11.1 Å². The van der Waals surface area contributed by atoms with Gasteiger partial charge in [0.05, 0.1) is 9.95 Å². The molecule has 110 valence electrons. The van der Waals surface area contributed by atoms with Crippen LogP contribution in [0.25, 0.3) is 0 Å². The van der Waals surface area contributed by atoms with E-state index < -0.39 is 0 Å². The van der Waals surface area contributed by atoms with Gasteiger partial charge < -0.3 is 5.32 Å². The van der Waals surface area contributed by atoms with Gasteiger partial charge in [-0.25, -0.2) is 0 Å². The molecule has 0 spiro atoms. The molecule has 0 heterocycles. The molecule has 0 saturated heterocycles. The molecule has 0 fully saturated rings. The summed E-state index contributed by atoms with van der Waals surface area (Å²) in [5, 5.41) is 14.6. The number of rotatable bonds is 6. The van der Waals surface area contributed by atoms with Gasteiger partial charge in [-0.15, -0.1) is 0 Å². The minimum absolute atomic E-state index is 0.121. The minimum atomic E-state index is -0.390. The molecule has 0 bridgehead atoms. The average molecular weight is 370 g/mol. The Morgan fingerprint density at radius 3 is 2.43 bits per heavy atom.